The van der Waals surface area contributed by atoms with Gasteiger partial charge in [0, 0.05) is 6.54 Å². The van der Waals surface area contributed by atoms with Gasteiger partial charge in [0.15, 0.2) is 0 Å². The van der Waals surface area contributed by atoms with E-state index in [0.717, 1.165) is 11.8 Å². The Hall–Kier alpha value is -0.0400. The van der Waals surface area contributed by atoms with Crippen molar-refractivity contribution in [1.82, 2.24) is 5.32 Å². The van der Waals surface area contributed by atoms with Crippen LogP contribution in [0.4, 0.5) is 0 Å². The Labute approximate surface area is 127 Å². The van der Waals surface area contributed by atoms with Crippen molar-refractivity contribution in [2.45, 2.75) is 90.9 Å². The highest BCUT2D eigenvalue weighted by Crippen LogP contribution is 2.57. The van der Waals surface area contributed by atoms with E-state index in [9.17, 15) is 0 Å². The summed E-state index contributed by atoms with van der Waals surface area (Å²) in [5, 5.41) is 3.76. The number of hydrogen-bond acceptors (Lipinski definition) is 1. The average molecular weight is 280 g/mol. The van der Waals surface area contributed by atoms with Crippen LogP contribution in [0.25, 0.3) is 0 Å². The van der Waals surface area contributed by atoms with E-state index in [0.29, 0.717) is 5.41 Å². The zero-order valence-corrected chi connectivity index (χ0v) is 14.1. The molecule has 2 saturated carbocycles. The fraction of sp³-hybridized carbons (Fsp3) is 1.00. The molecular weight excluding hydrogens is 242 g/mol. The molecular formula is C19H37N. The Bertz CT molecular complexity index is 262. The van der Waals surface area contributed by atoms with Gasteiger partial charge in [-0.1, -0.05) is 58.8 Å². The van der Waals surface area contributed by atoms with E-state index in [4.69, 9.17) is 0 Å². The van der Waals surface area contributed by atoms with E-state index >= 15 is 0 Å². The minimum atomic E-state index is 0.697. The van der Waals surface area contributed by atoms with Crippen LogP contribution in [0.2, 0.25) is 0 Å². The lowest BCUT2D eigenvalue weighted by atomic mass is 9.69. The average Bonchev–Trinajstić information content (AvgIpc) is 3.04. The van der Waals surface area contributed by atoms with Gasteiger partial charge in [0.25, 0.3) is 0 Å². The van der Waals surface area contributed by atoms with Crippen molar-refractivity contribution in [1.29, 1.82) is 0 Å². The first kappa shape index (κ1) is 16.3. The van der Waals surface area contributed by atoms with Gasteiger partial charge in [-0.15, -0.1) is 0 Å². The Morgan fingerprint density at radius 3 is 2.40 bits per heavy atom. The smallest absolute Gasteiger partial charge is 0.00106 e. The van der Waals surface area contributed by atoms with Crippen molar-refractivity contribution < 1.29 is 0 Å². The number of rotatable bonds is 11. The van der Waals surface area contributed by atoms with Gasteiger partial charge >= 0.3 is 0 Å². The first-order valence-electron chi connectivity index (χ1n) is 9.51. The quantitative estimate of drug-likeness (QED) is 0.489. The molecule has 1 N–H and O–H groups in total. The topological polar surface area (TPSA) is 12.0 Å². The second kappa shape index (κ2) is 8.41. The van der Waals surface area contributed by atoms with Crippen LogP contribution in [0.15, 0.2) is 0 Å². The summed E-state index contributed by atoms with van der Waals surface area (Å²) in [5.41, 5.74) is 0.697. The first-order valence-corrected chi connectivity index (χ1v) is 9.51. The van der Waals surface area contributed by atoms with Crippen LogP contribution >= 0.6 is 0 Å². The predicted octanol–water partition coefficient (Wildman–Crippen LogP) is 5.54. The molecule has 118 valence electrons. The minimum absolute atomic E-state index is 0.697. The van der Waals surface area contributed by atoms with Crippen LogP contribution in [-0.2, 0) is 0 Å². The molecule has 2 bridgehead atoms. The zero-order valence-electron chi connectivity index (χ0n) is 14.1. The van der Waals surface area contributed by atoms with Crippen LogP contribution < -0.4 is 5.32 Å². The van der Waals surface area contributed by atoms with Gasteiger partial charge in [0.2, 0.25) is 0 Å². The highest BCUT2D eigenvalue weighted by atomic mass is 14.9. The summed E-state index contributed by atoms with van der Waals surface area (Å²) in [6.07, 6.45) is 17.7. The summed E-state index contributed by atoms with van der Waals surface area (Å²) < 4.78 is 0. The van der Waals surface area contributed by atoms with Gasteiger partial charge in [0.05, 0.1) is 0 Å². The molecule has 2 fully saturated rings. The zero-order chi connectivity index (χ0) is 14.3. The molecule has 1 heteroatoms. The molecule has 0 amide bonds. The highest BCUT2D eigenvalue weighted by Gasteiger charge is 2.49. The molecule has 0 aromatic carbocycles. The molecule has 0 aromatic heterocycles. The minimum Gasteiger partial charge on any atom is -0.316 e. The summed E-state index contributed by atoms with van der Waals surface area (Å²) in [6, 6.07) is 0. The number of fused-ring (bicyclic) bond motifs is 2. The SMILES string of the molecule is CCCCCCCCC1(CNCCC)CC2CCC1C2. The lowest BCUT2D eigenvalue weighted by molar-refractivity contribution is 0.138. The van der Waals surface area contributed by atoms with Crippen molar-refractivity contribution in [2.24, 2.45) is 17.3 Å². The lowest BCUT2D eigenvalue weighted by Crippen LogP contribution is -2.39. The van der Waals surface area contributed by atoms with E-state index in [-0.39, 0.29) is 0 Å². The van der Waals surface area contributed by atoms with Gasteiger partial charge in [0.1, 0.15) is 0 Å². The van der Waals surface area contributed by atoms with Gasteiger partial charge in [-0.05, 0) is 55.9 Å². The lowest BCUT2D eigenvalue weighted by Gasteiger charge is -2.38. The van der Waals surface area contributed by atoms with Crippen molar-refractivity contribution in [3.05, 3.63) is 0 Å². The van der Waals surface area contributed by atoms with Crippen LogP contribution in [0.5, 0.6) is 0 Å². The summed E-state index contributed by atoms with van der Waals surface area (Å²) in [6.45, 7) is 7.13. The molecule has 3 unspecified atom stereocenters. The summed E-state index contributed by atoms with van der Waals surface area (Å²) in [7, 11) is 0. The third-order valence-corrected chi connectivity index (χ3v) is 6.03. The normalized spacial score (nSPS) is 32.1. The Morgan fingerprint density at radius 1 is 0.950 bits per heavy atom. The van der Waals surface area contributed by atoms with Crippen molar-refractivity contribution in [3.8, 4) is 0 Å². The van der Waals surface area contributed by atoms with E-state index in [1.165, 1.54) is 77.3 Å². The van der Waals surface area contributed by atoms with E-state index in [1.54, 1.807) is 12.8 Å². The molecule has 1 nitrogen and oxygen atoms in total. The van der Waals surface area contributed by atoms with Gasteiger partial charge in [-0.2, -0.15) is 0 Å². The third kappa shape index (κ3) is 4.23. The molecule has 0 aromatic rings. The maximum atomic E-state index is 3.76. The molecule has 2 rings (SSSR count). The molecule has 0 saturated heterocycles. The molecule has 2 aliphatic rings. The van der Waals surface area contributed by atoms with Crippen LogP contribution in [0.1, 0.15) is 90.9 Å². The van der Waals surface area contributed by atoms with Crippen molar-refractivity contribution in [3.63, 3.8) is 0 Å². The van der Waals surface area contributed by atoms with Gasteiger partial charge in [-0.3, -0.25) is 0 Å². The van der Waals surface area contributed by atoms with Gasteiger partial charge in [-0.25, -0.2) is 0 Å². The first-order chi connectivity index (χ1) is 9.80. The largest absolute Gasteiger partial charge is 0.316 e. The second-order valence-electron chi connectivity index (χ2n) is 7.64. The monoisotopic (exact) mass is 279 g/mol. The molecule has 0 spiro atoms. The summed E-state index contributed by atoms with van der Waals surface area (Å²) in [5.74, 6) is 2.15. The maximum absolute atomic E-state index is 3.76. The maximum Gasteiger partial charge on any atom is 0.00106 e. The Balaban J connectivity index is 1.72. The fourth-order valence-corrected chi connectivity index (χ4v) is 4.94. The third-order valence-electron chi connectivity index (χ3n) is 6.03. The standard InChI is InChI=1S/C19H37N/c1-3-5-6-7-8-9-12-19(16-20-13-4-2)15-17-10-11-18(19)14-17/h17-18,20H,3-16H2,1-2H3. The van der Waals surface area contributed by atoms with Crippen molar-refractivity contribution >= 4 is 0 Å². The van der Waals surface area contributed by atoms with Crippen LogP contribution in [0.3, 0.4) is 0 Å². The van der Waals surface area contributed by atoms with Crippen LogP contribution in [-0.4, -0.2) is 13.1 Å². The molecule has 0 radical (unpaired) electrons. The predicted molar refractivity (Wildman–Crippen MR) is 89.0 cm³/mol. The molecule has 0 heterocycles. The fourth-order valence-electron chi connectivity index (χ4n) is 4.94. The van der Waals surface area contributed by atoms with E-state index < -0.39 is 0 Å². The number of unbranched alkanes of at least 4 members (excludes halogenated alkanes) is 5. The molecule has 0 aliphatic heterocycles. The Morgan fingerprint density at radius 2 is 1.75 bits per heavy atom. The van der Waals surface area contributed by atoms with Crippen LogP contribution in [0, 0.1) is 17.3 Å². The van der Waals surface area contributed by atoms with E-state index in [2.05, 4.69) is 19.2 Å². The molecule has 20 heavy (non-hydrogen) atoms. The highest BCUT2D eigenvalue weighted by molar-refractivity contribution is 5.01. The summed E-state index contributed by atoms with van der Waals surface area (Å²) >= 11 is 0. The second-order valence-corrected chi connectivity index (χ2v) is 7.64. The number of nitrogens with one attached hydrogen (secondary N) is 1. The van der Waals surface area contributed by atoms with Crippen molar-refractivity contribution in [2.75, 3.05) is 13.1 Å². The summed E-state index contributed by atoms with van der Waals surface area (Å²) in [4.78, 5) is 0. The Kier molecular flexibility index (Phi) is 6.87. The van der Waals surface area contributed by atoms with Gasteiger partial charge < -0.3 is 5.32 Å². The number of hydrogen-bond donors (Lipinski definition) is 1. The van der Waals surface area contributed by atoms with E-state index in [1.807, 2.05) is 0 Å². The molecule has 3 atom stereocenters. The molecule has 2 aliphatic carbocycles.